The molecule has 0 aliphatic rings. The molecule has 0 aliphatic carbocycles. The minimum atomic E-state index is -0.762. The van der Waals surface area contributed by atoms with Gasteiger partial charge in [0.1, 0.15) is 22.8 Å². The molecule has 31 heavy (non-hydrogen) atoms. The van der Waals surface area contributed by atoms with E-state index in [0.717, 1.165) is 10.1 Å². The summed E-state index contributed by atoms with van der Waals surface area (Å²) in [7, 11) is 4.62. The van der Waals surface area contributed by atoms with Crippen molar-refractivity contribution in [3.05, 3.63) is 74.4 Å². The number of aromatic amines is 1. The molecule has 3 aromatic rings. The molecule has 9 nitrogen and oxygen atoms in total. The van der Waals surface area contributed by atoms with Crippen molar-refractivity contribution in [1.82, 2.24) is 9.55 Å². The molecule has 1 aromatic heterocycles. The third kappa shape index (κ3) is 4.61. The van der Waals surface area contributed by atoms with E-state index in [1.54, 1.807) is 63.6 Å². The Balaban J connectivity index is 2.02. The molecule has 1 heterocycles. The minimum absolute atomic E-state index is 0.0923. The smallest absolute Gasteiger partial charge is 0.335 e. The van der Waals surface area contributed by atoms with Gasteiger partial charge in [0.2, 0.25) is 5.88 Å². The molecular formula is C22H23N3O6. The van der Waals surface area contributed by atoms with Crippen molar-refractivity contribution < 1.29 is 19.3 Å². The van der Waals surface area contributed by atoms with Gasteiger partial charge in [-0.05, 0) is 48.9 Å². The summed E-state index contributed by atoms with van der Waals surface area (Å²) >= 11 is 0. The average Bonchev–Trinajstić information content (AvgIpc) is 2.77. The SMILES string of the molecule is COc1ccc(-n2c(O)c(C(C)=NCc3cc(OC)cc(OC)c3)c(=O)[nH]c2=O)cc1. The fourth-order valence-corrected chi connectivity index (χ4v) is 3.07. The maximum Gasteiger partial charge on any atom is 0.335 e. The van der Waals surface area contributed by atoms with Gasteiger partial charge >= 0.3 is 5.69 Å². The zero-order valence-corrected chi connectivity index (χ0v) is 17.6. The van der Waals surface area contributed by atoms with Gasteiger partial charge in [0.25, 0.3) is 5.56 Å². The third-order valence-corrected chi connectivity index (χ3v) is 4.69. The quantitative estimate of drug-likeness (QED) is 0.561. The van der Waals surface area contributed by atoms with Crippen LogP contribution in [0.15, 0.2) is 57.0 Å². The Morgan fingerprint density at radius 3 is 2.10 bits per heavy atom. The van der Waals surface area contributed by atoms with Crippen molar-refractivity contribution in [2.24, 2.45) is 4.99 Å². The summed E-state index contributed by atoms with van der Waals surface area (Å²) in [5, 5.41) is 10.8. The van der Waals surface area contributed by atoms with Crippen molar-refractivity contribution in [2.45, 2.75) is 13.5 Å². The van der Waals surface area contributed by atoms with Crippen LogP contribution in [0.1, 0.15) is 18.1 Å². The van der Waals surface area contributed by atoms with Crippen molar-refractivity contribution in [3.8, 4) is 28.8 Å². The van der Waals surface area contributed by atoms with Gasteiger partial charge in [0.15, 0.2) is 0 Å². The van der Waals surface area contributed by atoms with Crippen LogP contribution in [-0.2, 0) is 6.54 Å². The molecule has 0 spiro atoms. The van der Waals surface area contributed by atoms with Gasteiger partial charge in [0.05, 0.1) is 39.3 Å². The Labute approximate surface area is 178 Å². The highest BCUT2D eigenvalue weighted by molar-refractivity contribution is 6.00. The predicted octanol–water partition coefficient (Wildman–Crippen LogP) is 2.27. The number of methoxy groups -OCH3 is 3. The number of ether oxygens (including phenoxy) is 3. The molecule has 9 heteroatoms. The van der Waals surface area contributed by atoms with E-state index in [1.165, 1.54) is 7.11 Å². The Kier molecular flexibility index (Phi) is 6.44. The first kappa shape index (κ1) is 21.7. The number of aromatic hydroxyl groups is 1. The lowest BCUT2D eigenvalue weighted by atomic mass is 10.1. The van der Waals surface area contributed by atoms with Gasteiger partial charge in [-0.15, -0.1) is 0 Å². The van der Waals surface area contributed by atoms with E-state index in [2.05, 4.69) is 9.98 Å². The number of rotatable bonds is 7. The van der Waals surface area contributed by atoms with Gasteiger partial charge in [-0.2, -0.15) is 0 Å². The van der Waals surface area contributed by atoms with Crippen molar-refractivity contribution in [2.75, 3.05) is 21.3 Å². The number of benzene rings is 2. The molecule has 0 bridgehead atoms. The molecule has 0 radical (unpaired) electrons. The molecule has 0 aliphatic heterocycles. The van der Waals surface area contributed by atoms with E-state index >= 15 is 0 Å². The largest absolute Gasteiger partial charge is 0.497 e. The fraction of sp³-hybridized carbons (Fsp3) is 0.227. The molecule has 0 saturated carbocycles. The first-order chi connectivity index (χ1) is 14.9. The summed E-state index contributed by atoms with van der Waals surface area (Å²) in [6.45, 7) is 1.80. The molecule has 162 valence electrons. The van der Waals surface area contributed by atoms with Gasteiger partial charge < -0.3 is 19.3 Å². The van der Waals surface area contributed by atoms with Crippen LogP contribution in [0.25, 0.3) is 5.69 Å². The third-order valence-electron chi connectivity index (χ3n) is 4.69. The van der Waals surface area contributed by atoms with Crippen molar-refractivity contribution >= 4 is 5.71 Å². The van der Waals surface area contributed by atoms with Crippen LogP contribution in [-0.4, -0.2) is 41.7 Å². The molecule has 0 saturated heterocycles. The second kappa shape index (κ2) is 9.21. The van der Waals surface area contributed by atoms with Crippen LogP contribution >= 0.6 is 0 Å². The number of hydrogen-bond donors (Lipinski definition) is 2. The minimum Gasteiger partial charge on any atom is -0.497 e. The molecule has 0 amide bonds. The number of aliphatic imine (C=N–C) groups is 1. The first-order valence-corrected chi connectivity index (χ1v) is 9.34. The van der Waals surface area contributed by atoms with Crippen LogP contribution in [0.5, 0.6) is 23.1 Å². The van der Waals surface area contributed by atoms with E-state index in [1.807, 2.05) is 0 Å². The standard InChI is InChI=1S/C22H23N3O6/c1-13(23-12-14-9-17(30-3)11-18(10-14)31-4)19-20(26)24-22(28)25(21(19)27)15-5-7-16(29-2)8-6-15/h5-11,27H,12H2,1-4H3,(H,24,26,28). The Morgan fingerprint density at radius 2 is 1.55 bits per heavy atom. The number of aromatic nitrogens is 2. The van der Waals surface area contributed by atoms with Gasteiger partial charge in [-0.3, -0.25) is 14.8 Å². The normalized spacial score (nSPS) is 11.3. The van der Waals surface area contributed by atoms with Crippen molar-refractivity contribution in [3.63, 3.8) is 0 Å². The van der Waals surface area contributed by atoms with E-state index in [0.29, 0.717) is 22.9 Å². The van der Waals surface area contributed by atoms with E-state index < -0.39 is 17.1 Å². The van der Waals surface area contributed by atoms with Crippen molar-refractivity contribution in [1.29, 1.82) is 0 Å². The second-order valence-electron chi connectivity index (χ2n) is 6.61. The fourth-order valence-electron chi connectivity index (χ4n) is 3.07. The Morgan fingerprint density at radius 1 is 0.968 bits per heavy atom. The zero-order valence-electron chi connectivity index (χ0n) is 17.6. The van der Waals surface area contributed by atoms with Crippen LogP contribution in [0, 0.1) is 0 Å². The molecule has 2 aromatic carbocycles. The molecule has 0 fully saturated rings. The van der Waals surface area contributed by atoms with E-state index in [-0.39, 0.29) is 17.8 Å². The van der Waals surface area contributed by atoms with Crippen LogP contribution < -0.4 is 25.5 Å². The maximum absolute atomic E-state index is 12.4. The molecular weight excluding hydrogens is 402 g/mol. The summed E-state index contributed by atoms with van der Waals surface area (Å²) in [4.78, 5) is 31.4. The summed E-state index contributed by atoms with van der Waals surface area (Å²) in [6.07, 6.45) is 0. The molecule has 3 rings (SSSR count). The maximum atomic E-state index is 12.4. The highest BCUT2D eigenvalue weighted by Gasteiger charge is 2.18. The summed E-state index contributed by atoms with van der Waals surface area (Å²) in [6, 6.07) is 11.8. The topological polar surface area (TPSA) is 115 Å². The van der Waals surface area contributed by atoms with Gasteiger partial charge in [-0.25, -0.2) is 9.36 Å². The Bertz CT molecular complexity index is 1200. The predicted molar refractivity (Wildman–Crippen MR) is 116 cm³/mol. The summed E-state index contributed by atoms with van der Waals surface area (Å²) < 4.78 is 16.6. The summed E-state index contributed by atoms with van der Waals surface area (Å²) in [5.74, 6) is 1.31. The van der Waals surface area contributed by atoms with Crippen LogP contribution in [0.4, 0.5) is 0 Å². The van der Waals surface area contributed by atoms with Gasteiger partial charge in [0, 0.05) is 6.07 Å². The van der Waals surface area contributed by atoms with E-state index in [4.69, 9.17) is 14.2 Å². The number of H-pyrrole nitrogens is 1. The van der Waals surface area contributed by atoms with Crippen LogP contribution in [0.2, 0.25) is 0 Å². The monoisotopic (exact) mass is 425 g/mol. The lowest BCUT2D eigenvalue weighted by Gasteiger charge is -2.12. The Hall–Kier alpha value is -4.01. The lowest BCUT2D eigenvalue weighted by Crippen LogP contribution is -2.32. The highest BCUT2D eigenvalue weighted by atomic mass is 16.5. The molecule has 2 N–H and O–H groups in total. The highest BCUT2D eigenvalue weighted by Crippen LogP contribution is 2.24. The second-order valence-corrected chi connectivity index (χ2v) is 6.61. The van der Waals surface area contributed by atoms with E-state index in [9.17, 15) is 14.7 Å². The first-order valence-electron chi connectivity index (χ1n) is 9.34. The molecule has 0 atom stereocenters. The number of nitrogens with zero attached hydrogens (tertiary/aromatic N) is 2. The summed E-state index contributed by atoms with van der Waals surface area (Å²) in [5.41, 5.74) is -0.160. The zero-order chi connectivity index (χ0) is 22.5. The number of nitrogens with one attached hydrogen (secondary N) is 1. The lowest BCUT2D eigenvalue weighted by molar-refractivity contribution is 0.393. The average molecular weight is 425 g/mol. The van der Waals surface area contributed by atoms with Crippen LogP contribution in [0.3, 0.4) is 0 Å². The number of hydrogen-bond acceptors (Lipinski definition) is 7. The van der Waals surface area contributed by atoms with Gasteiger partial charge in [-0.1, -0.05) is 0 Å². The molecule has 0 unspecified atom stereocenters.